The van der Waals surface area contributed by atoms with Gasteiger partial charge in [-0.1, -0.05) is 12.1 Å². The zero-order valence-electron chi connectivity index (χ0n) is 10.5. The number of nitrogens with one attached hydrogen (secondary N) is 2. The molecular formula is C14H12FN3O2. The number of halogens is 1. The molecule has 0 radical (unpaired) electrons. The van der Waals surface area contributed by atoms with Crippen LogP contribution in [0, 0.1) is 5.82 Å². The van der Waals surface area contributed by atoms with Gasteiger partial charge in [-0.2, -0.15) is 0 Å². The van der Waals surface area contributed by atoms with E-state index in [9.17, 15) is 14.0 Å². The predicted molar refractivity (Wildman–Crippen MR) is 71.1 cm³/mol. The average molecular weight is 273 g/mol. The highest BCUT2D eigenvalue weighted by molar-refractivity contribution is 6.39. The first kappa shape index (κ1) is 13.7. The molecule has 1 aromatic heterocycles. The molecule has 20 heavy (non-hydrogen) atoms. The van der Waals surface area contributed by atoms with E-state index in [0.29, 0.717) is 0 Å². The Morgan fingerprint density at radius 3 is 2.70 bits per heavy atom. The summed E-state index contributed by atoms with van der Waals surface area (Å²) in [6.45, 7) is 0.198. The molecule has 0 saturated carbocycles. The van der Waals surface area contributed by atoms with Crippen LogP contribution < -0.4 is 10.6 Å². The third-order valence-corrected chi connectivity index (χ3v) is 2.46. The number of carbonyl (C=O) groups is 2. The van der Waals surface area contributed by atoms with Gasteiger partial charge in [0.05, 0.1) is 0 Å². The van der Waals surface area contributed by atoms with E-state index in [1.54, 1.807) is 24.5 Å². The number of benzene rings is 1. The minimum Gasteiger partial charge on any atom is -0.344 e. The lowest BCUT2D eigenvalue weighted by Crippen LogP contribution is -2.34. The predicted octanol–water partition coefficient (Wildman–Crippen LogP) is 1.48. The van der Waals surface area contributed by atoms with Crippen LogP contribution in [0.3, 0.4) is 0 Å². The van der Waals surface area contributed by atoms with Crippen LogP contribution >= 0.6 is 0 Å². The molecule has 5 nitrogen and oxygen atoms in total. The Bertz CT molecular complexity index is 617. The van der Waals surface area contributed by atoms with E-state index >= 15 is 0 Å². The molecule has 0 aliphatic rings. The number of anilines is 1. The Balaban J connectivity index is 1.88. The van der Waals surface area contributed by atoms with Crippen LogP contribution in [-0.2, 0) is 16.1 Å². The van der Waals surface area contributed by atoms with Crippen molar-refractivity contribution in [1.29, 1.82) is 0 Å². The Kier molecular flexibility index (Phi) is 4.39. The lowest BCUT2D eigenvalue weighted by molar-refractivity contribution is -0.136. The molecule has 2 aromatic rings. The van der Waals surface area contributed by atoms with Crippen LogP contribution in [0.15, 0.2) is 48.8 Å². The number of nitrogens with zero attached hydrogens (tertiary/aromatic N) is 1. The van der Waals surface area contributed by atoms with Gasteiger partial charge in [0.15, 0.2) is 0 Å². The molecule has 0 saturated heterocycles. The summed E-state index contributed by atoms with van der Waals surface area (Å²) < 4.78 is 12.9. The molecule has 1 heterocycles. The third-order valence-electron chi connectivity index (χ3n) is 2.46. The number of carbonyl (C=O) groups excluding carboxylic acids is 2. The minimum absolute atomic E-state index is 0.198. The minimum atomic E-state index is -0.848. The molecule has 0 spiro atoms. The van der Waals surface area contributed by atoms with Crippen molar-refractivity contribution in [3.63, 3.8) is 0 Å². The molecule has 6 heteroatoms. The summed E-state index contributed by atoms with van der Waals surface area (Å²) in [5.41, 5.74) is 1.01. The molecule has 2 amide bonds. The fourth-order valence-electron chi connectivity index (χ4n) is 1.52. The van der Waals surface area contributed by atoms with Crippen LogP contribution in [0.2, 0.25) is 0 Å². The average Bonchev–Trinajstić information content (AvgIpc) is 2.46. The monoisotopic (exact) mass is 273 g/mol. The fourth-order valence-corrected chi connectivity index (χ4v) is 1.52. The van der Waals surface area contributed by atoms with Crippen LogP contribution in [0.5, 0.6) is 0 Å². The van der Waals surface area contributed by atoms with Crippen LogP contribution in [-0.4, -0.2) is 16.8 Å². The van der Waals surface area contributed by atoms with Crippen molar-refractivity contribution >= 4 is 17.5 Å². The lowest BCUT2D eigenvalue weighted by atomic mass is 10.3. The van der Waals surface area contributed by atoms with Gasteiger partial charge in [-0.05, 0) is 29.8 Å². The van der Waals surface area contributed by atoms with Crippen LogP contribution in [0.25, 0.3) is 0 Å². The Labute approximate surface area is 114 Å². The molecule has 102 valence electrons. The van der Waals surface area contributed by atoms with E-state index in [4.69, 9.17) is 0 Å². The Hall–Kier alpha value is -2.76. The van der Waals surface area contributed by atoms with Crippen molar-refractivity contribution in [1.82, 2.24) is 10.3 Å². The van der Waals surface area contributed by atoms with Gasteiger partial charge in [-0.3, -0.25) is 14.6 Å². The van der Waals surface area contributed by atoms with Crippen molar-refractivity contribution in [2.75, 3.05) is 5.32 Å². The van der Waals surface area contributed by atoms with Crippen molar-refractivity contribution in [2.45, 2.75) is 6.54 Å². The number of rotatable bonds is 3. The molecule has 1 aromatic carbocycles. The maximum atomic E-state index is 12.9. The number of hydrogen-bond acceptors (Lipinski definition) is 3. The summed E-state index contributed by atoms with van der Waals surface area (Å²) in [5, 5.41) is 4.76. The summed E-state index contributed by atoms with van der Waals surface area (Å²) in [7, 11) is 0. The van der Waals surface area contributed by atoms with E-state index in [0.717, 1.165) is 11.6 Å². The summed E-state index contributed by atoms with van der Waals surface area (Å²) in [4.78, 5) is 27.0. The highest BCUT2D eigenvalue weighted by atomic mass is 19.1. The van der Waals surface area contributed by atoms with Gasteiger partial charge in [0.25, 0.3) is 0 Å². The summed E-state index contributed by atoms with van der Waals surface area (Å²) in [6.07, 6.45) is 3.20. The second kappa shape index (κ2) is 6.42. The van der Waals surface area contributed by atoms with Gasteiger partial charge < -0.3 is 10.6 Å². The molecule has 0 aliphatic carbocycles. The topological polar surface area (TPSA) is 71.1 Å². The normalized spacial score (nSPS) is 9.85. The van der Waals surface area contributed by atoms with Gasteiger partial charge in [-0.15, -0.1) is 0 Å². The molecule has 0 unspecified atom stereocenters. The quantitative estimate of drug-likeness (QED) is 0.832. The zero-order chi connectivity index (χ0) is 14.4. The van der Waals surface area contributed by atoms with Gasteiger partial charge in [0, 0.05) is 24.6 Å². The maximum Gasteiger partial charge on any atom is 0.313 e. The van der Waals surface area contributed by atoms with Crippen molar-refractivity contribution in [2.24, 2.45) is 0 Å². The zero-order valence-corrected chi connectivity index (χ0v) is 10.5. The van der Waals surface area contributed by atoms with E-state index in [1.165, 1.54) is 18.2 Å². The van der Waals surface area contributed by atoms with Gasteiger partial charge in [0.2, 0.25) is 0 Å². The van der Waals surface area contributed by atoms with E-state index < -0.39 is 17.6 Å². The first-order valence-electron chi connectivity index (χ1n) is 5.89. The number of amides is 2. The summed E-state index contributed by atoms with van der Waals surface area (Å²) in [5.74, 6) is -2.13. The van der Waals surface area contributed by atoms with E-state index in [2.05, 4.69) is 15.6 Å². The number of aromatic nitrogens is 1. The lowest BCUT2D eigenvalue weighted by Gasteiger charge is -2.06. The summed E-state index contributed by atoms with van der Waals surface area (Å²) in [6, 6.07) is 8.82. The third kappa shape index (κ3) is 3.88. The first-order chi connectivity index (χ1) is 9.65. The smallest absolute Gasteiger partial charge is 0.313 e. The number of hydrogen-bond donors (Lipinski definition) is 2. The molecule has 0 aliphatic heterocycles. The van der Waals surface area contributed by atoms with Gasteiger partial charge >= 0.3 is 11.8 Å². The molecule has 2 rings (SSSR count). The fraction of sp³-hybridized carbons (Fsp3) is 0.0714. The second-order valence-electron chi connectivity index (χ2n) is 4.01. The van der Waals surface area contributed by atoms with E-state index in [1.807, 2.05) is 0 Å². The Morgan fingerprint density at radius 1 is 1.15 bits per heavy atom. The van der Waals surface area contributed by atoms with Crippen molar-refractivity contribution < 1.29 is 14.0 Å². The molecule has 0 bridgehead atoms. The second-order valence-corrected chi connectivity index (χ2v) is 4.01. The highest BCUT2D eigenvalue weighted by Gasteiger charge is 2.13. The first-order valence-corrected chi connectivity index (χ1v) is 5.89. The molecule has 0 fully saturated rings. The van der Waals surface area contributed by atoms with Crippen molar-refractivity contribution in [3.8, 4) is 0 Å². The molecular weight excluding hydrogens is 261 g/mol. The van der Waals surface area contributed by atoms with Crippen LogP contribution in [0.4, 0.5) is 10.1 Å². The summed E-state index contributed by atoms with van der Waals surface area (Å²) >= 11 is 0. The maximum absolute atomic E-state index is 12.9. The van der Waals surface area contributed by atoms with Crippen molar-refractivity contribution in [3.05, 3.63) is 60.2 Å². The Morgan fingerprint density at radius 2 is 2.00 bits per heavy atom. The van der Waals surface area contributed by atoms with E-state index in [-0.39, 0.29) is 12.2 Å². The van der Waals surface area contributed by atoms with Crippen LogP contribution in [0.1, 0.15) is 5.56 Å². The molecule has 0 atom stereocenters. The SMILES string of the molecule is O=C(NCc1cccnc1)C(=O)Nc1cccc(F)c1. The van der Waals surface area contributed by atoms with Gasteiger partial charge in [-0.25, -0.2) is 4.39 Å². The highest BCUT2D eigenvalue weighted by Crippen LogP contribution is 2.08. The standard InChI is InChI=1S/C14H12FN3O2/c15-11-4-1-5-12(7-11)18-14(20)13(19)17-9-10-3-2-6-16-8-10/h1-8H,9H2,(H,17,19)(H,18,20). The number of pyridine rings is 1. The van der Waals surface area contributed by atoms with Gasteiger partial charge in [0.1, 0.15) is 5.82 Å². The molecule has 2 N–H and O–H groups in total. The largest absolute Gasteiger partial charge is 0.344 e.